The number of rotatable bonds is 11. The van der Waals surface area contributed by atoms with E-state index >= 15 is 0 Å². The SMILES string of the molecule is CCOc1cc(CNCCCN2CCCC2=O)c(Cl)cc1OCc1cccc(Cl)c1. The molecule has 3 rings (SSSR count). The van der Waals surface area contributed by atoms with E-state index in [1.54, 1.807) is 6.07 Å². The summed E-state index contributed by atoms with van der Waals surface area (Å²) in [4.78, 5) is 13.6. The summed E-state index contributed by atoms with van der Waals surface area (Å²) in [7, 11) is 0. The normalized spacial score (nSPS) is 13.7. The molecule has 2 aromatic carbocycles. The molecule has 0 atom stereocenters. The fraction of sp³-hybridized carbons (Fsp3) is 0.435. The molecule has 7 heteroatoms. The van der Waals surface area contributed by atoms with Crippen molar-refractivity contribution in [2.45, 2.75) is 39.3 Å². The van der Waals surface area contributed by atoms with Crippen LogP contribution in [0, 0.1) is 0 Å². The lowest BCUT2D eigenvalue weighted by Crippen LogP contribution is -2.28. The van der Waals surface area contributed by atoms with E-state index in [-0.39, 0.29) is 5.91 Å². The van der Waals surface area contributed by atoms with Gasteiger partial charge < -0.3 is 19.7 Å². The molecule has 0 bridgehead atoms. The summed E-state index contributed by atoms with van der Waals surface area (Å²) < 4.78 is 11.7. The Hall–Kier alpha value is -1.95. The highest BCUT2D eigenvalue weighted by Crippen LogP contribution is 2.34. The van der Waals surface area contributed by atoms with Crippen LogP contribution in [0.15, 0.2) is 36.4 Å². The monoisotopic (exact) mass is 450 g/mol. The molecule has 1 amide bonds. The van der Waals surface area contributed by atoms with E-state index in [0.717, 1.165) is 43.6 Å². The maximum Gasteiger partial charge on any atom is 0.222 e. The maximum atomic E-state index is 11.7. The van der Waals surface area contributed by atoms with Crippen LogP contribution in [0.25, 0.3) is 0 Å². The van der Waals surface area contributed by atoms with Crippen molar-refractivity contribution in [2.24, 2.45) is 0 Å². The van der Waals surface area contributed by atoms with E-state index < -0.39 is 0 Å². The fourth-order valence-corrected chi connectivity index (χ4v) is 3.87. The Bertz CT molecular complexity index is 860. The summed E-state index contributed by atoms with van der Waals surface area (Å²) in [5.74, 6) is 1.55. The van der Waals surface area contributed by atoms with Gasteiger partial charge in [-0.3, -0.25) is 4.79 Å². The van der Waals surface area contributed by atoms with Gasteiger partial charge in [0.25, 0.3) is 0 Å². The van der Waals surface area contributed by atoms with Crippen molar-refractivity contribution in [1.29, 1.82) is 0 Å². The average Bonchev–Trinajstić information content (AvgIpc) is 3.13. The molecule has 1 aliphatic rings. The van der Waals surface area contributed by atoms with Gasteiger partial charge in [0.2, 0.25) is 5.91 Å². The van der Waals surface area contributed by atoms with Crippen molar-refractivity contribution >= 4 is 29.1 Å². The quantitative estimate of drug-likeness (QED) is 0.485. The van der Waals surface area contributed by atoms with E-state index in [1.807, 2.05) is 42.2 Å². The Labute approximate surface area is 188 Å². The molecule has 0 aliphatic carbocycles. The first-order valence-corrected chi connectivity index (χ1v) is 11.1. The molecular weight excluding hydrogens is 423 g/mol. The molecule has 1 fully saturated rings. The second kappa shape index (κ2) is 11.4. The molecule has 1 heterocycles. The van der Waals surface area contributed by atoms with Crippen molar-refractivity contribution in [1.82, 2.24) is 10.2 Å². The van der Waals surface area contributed by atoms with E-state index in [9.17, 15) is 4.79 Å². The van der Waals surface area contributed by atoms with Gasteiger partial charge in [-0.05, 0) is 55.6 Å². The Morgan fingerprint density at radius 2 is 1.97 bits per heavy atom. The summed E-state index contributed by atoms with van der Waals surface area (Å²) in [5.41, 5.74) is 1.93. The number of hydrogen-bond donors (Lipinski definition) is 1. The van der Waals surface area contributed by atoms with Crippen LogP contribution >= 0.6 is 23.2 Å². The summed E-state index contributed by atoms with van der Waals surface area (Å²) >= 11 is 12.5. The predicted molar refractivity (Wildman–Crippen MR) is 121 cm³/mol. The van der Waals surface area contributed by atoms with E-state index in [2.05, 4.69) is 5.32 Å². The van der Waals surface area contributed by atoms with Crippen LogP contribution < -0.4 is 14.8 Å². The standard InChI is InChI=1S/C23H28Cl2N2O3/c1-2-29-21-13-18(15-26-9-5-11-27-10-4-8-23(27)28)20(25)14-22(21)30-16-17-6-3-7-19(24)12-17/h3,6-7,12-14,26H,2,4-5,8-11,15-16H2,1H3. The van der Waals surface area contributed by atoms with Crippen LogP contribution in [-0.4, -0.2) is 37.0 Å². The van der Waals surface area contributed by atoms with Gasteiger partial charge in [0.1, 0.15) is 6.61 Å². The third-order valence-corrected chi connectivity index (χ3v) is 5.55. The minimum absolute atomic E-state index is 0.271. The minimum Gasteiger partial charge on any atom is -0.490 e. The van der Waals surface area contributed by atoms with Crippen LogP contribution in [0.1, 0.15) is 37.3 Å². The number of nitrogens with zero attached hydrogens (tertiary/aromatic N) is 1. The first-order chi connectivity index (χ1) is 14.6. The molecule has 0 saturated carbocycles. The molecule has 30 heavy (non-hydrogen) atoms. The van der Waals surface area contributed by atoms with Crippen LogP contribution in [0.3, 0.4) is 0 Å². The van der Waals surface area contributed by atoms with Gasteiger partial charge >= 0.3 is 0 Å². The highest BCUT2D eigenvalue weighted by Gasteiger charge is 2.19. The first kappa shape index (κ1) is 22.7. The molecule has 0 spiro atoms. The van der Waals surface area contributed by atoms with Gasteiger partial charge in [0.15, 0.2) is 11.5 Å². The van der Waals surface area contributed by atoms with E-state index in [1.165, 1.54) is 0 Å². The zero-order chi connectivity index (χ0) is 21.3. The molecule has 1 saturated heterocycles. The molecule has 0 aromatic heterocycles. The number of carbonyl (C=O) groups excluding carboxylic acids is 1. The van der Waals surface area contributed by atoms with Gasteiger partial charge in [-0.1, -0.05) is 35.3 Å². The molecule has 1 aliphatic heterocycles. The number of hydrogen-bond acceptors (Lipinski definition) is 4. The summed E-state index contributed by atoms with van der Waals surface area (Å²) in [5, 5.41) is 4.70. The lowest BCUT2D eigenvalue weighted by molar-refractivity contribution is -0.127. The topological polar surface area (TPSA) is 50.8 Å². The number of halogens is 2. The van der Waals surface area contributed by atoms with Gasteiger partial charge in [-0.15, -0.1) is 0 Å². The lowest BCUT2D eigenvalue weighted by atomic mass is 10.2. The highest BCUT2D eigenvalue weighted by atomic mass is 35.5. The largest absolute Gasteiger partial charge is 0.490 e. The van der Waals surface area contributed by atoms with Crippen LogP contribution in [-0.2, 0) is 17.9 Å². The van der Waals surface area contributed by atoms with Crippen LogP contribution in [0.2, 0.25) is 10.0 Å². The van der Waals surface area contributed by atoms with Crippen molar-refractivity contribution < 1.29 is 14.3 Å². The zero-order valence-corrected chi connectivity index (χ0v) is 18.8. The predicted octanol–water partition coefficient (Wildman–Crippen LogP) is 5.07. The Morgan fingerprint density at radius 1 is 1.13 bits per heavy atom. The minimum atomic E-state index is 0.271. The van der Waals surface area contributed by atoms with Gasteiger partial charge in [0.05, 0.1) is 6.61 Å². The number of nitrogens with one attached hydrogen (secondary N) is 1. The van der Waals surface area contributed by atoms with Gasteiger partial charge in [-0.25, -0.2) is 0 Å². The molecular formula is C23H28Cl2N2O3. The second-order valence-electron chi connectivity index (χ2n) is 7.26. The van der Waals surface area contributed by atoms with Crippen LogP contribution in [0.4, 0.5) is 0 Å². The van der Waals surface area contributed by atoms with E-state index in [0.29, 0.717) is 47.7 Å². The van der Waals surface area contributed by atoms with Gasteiger partial charge in [0, 0.05) is 42.2 Å². The summed E-state index contributed by atoms with van der Waals surface area (Å²) in [6.45, 7) is 5.99. The molecule has 1 N–H and O–H groups in total. The smallest absolute Gasteiger partial charge is 0.222 e. The van der Waals surface area contributed by atoms with E-state index in [4.69, 9.17) is 32.7 Å². The van der Waals surface area contributed by atoms with Crippen molar-refractivity contribution in [3.05, 3.63) is 57.6 Å². The number of likely N-dealkylation sites (tertiary alicyclic amines) is 1. The maximum absolute atomic E-state index is 11.7. The molecule has 5 nitrogen and oxygen atoms in total. The molecule has 2 aromatic rings. The molecule has 0 radical (unpaired) electrons. The number of benzene rings is 2. The first-order valence-electron chi connectivity index (χ1n) is 10.4. The Balaban J connectivity index is 1.54. The lowest BCUT2D eigenvalue weighted by Gasteiger charge is -2.17. The Kier molecular flexibility index (Phi) is 8.67. The van der Waals surface area contributed by atoms with Gasteiger partial charge in [-0.2, -0.15) is 0 Å². The third kappa shape index (κ3) is 6.53. The number of ether oxygens (including phenoxy) is 2. The second-order valence-corrected chi connectivity index (χ2v) is 8.10. The van der Waals surface area contributed by atoms with Crippen molar-refractivity contribution in [3.8, 4) is 11.5 Å². The summed E-state index contributed by atoms with van der Waals surface area (Å²) in [6.07, 6.45) is 2.59. The number of carbonyl (C=O) groups is 1. The van der Waals surface area contributed by atoms with Crippen molar-refractivity contribution in [2.75, 3.05) is 26.2 Å². The molecule has 162 valence electrons. The average molecular weight is 451 g/mol. The Morgan fingerprint density at radius 3 is 2.70 bits per heavy atom. The van der Waals surface area contributed by atoms with Crippen LogP contribution in [0.5, 0.6) is 11.5 Å². The third-order valence-electron chi connectivity index (χ3n) is 4.96. The van der Waals surface area contributed by atoms with Crippen molar-refractivity contribution in [3.63, 3.8) is 0 Å². The summed E-state index contributed by atoms with van der Waals surface area (Å²) in [6, 6.07) is 11.3. The fourth-order valence-electron chi connectivity index (χ4n) is 3.44. The molecule has 0 unspecified atom stereocenters. The number of amides is 1. The zero-order valence-electron chi connectivity index (χ0n) is 17.3. The highest BCUT2D eigenvalue weighted by molar-refractivity contribution is 6.31.